The number of ketones is 1. The lowest BCUT2D eigenvalue weighted by Gasteiger charge is -2.61. The van der Waals surface area contributed by atoms with Crippen molar-refractivity contribution in [3.8, 4) is 0 Å². The first-order chi connectivity index (χ1) is 13.0. The van der Waals surface area contributed by atoms with E-state index in [0.717, 1.165) is 38.5 Å². The van der Waals surface area contributed by atoms with Crippen molar-refractivity contribution in [2.24, 2.45) is 40.4 Å². The number of Topliss-reactive ketones (excluding diaryl/α,β-unsaturated/α-hetero) is 1. The average Bonchev–Trinajstić information content (AvgIpc) is 2.92. The Bertz CT molecular complexity index is 635. The van der Waals surface area contributed by atoms with Crippen LogP contribution in [0.2, 0.25) is 0 Å². The fourth-order valence-corrected chi connectivity index (χ4v) is 8.21. The smallest absolute Gasteiger partial charge is 0.390 e. The minimum Gasteiger partial charge on any atom is -0.390 e. The summed E-state index contributed by atoms with van der Waals surface area (Å²) >= 11 is 0. The Kier molecular flexibility index (Phi) is 4.94. The van der Waals surface area contributed by atoms with Crippen LogP contribution in [0.15, 0.2) is 0 Å². The molecular weight excluding hydrogens is 369 g/mol. The van der Waals surface area contributed by atoms with E-state index < -0.39 is 18.6 Å². The van der Waals surface area contributed by atoms with Crippen molar-refractivity contribution in [2.45, 2.75) is 90.7 Å². The highest BCUT2D eigenvalue weighted by molar-refractivity contribution is 5.79. The van der Waals surface area contributed by atoms with Crippen molar-refractivity contribution in [3.05, 3.63) is 0 Å². The number of carbonyl (C=O) groups excluding carboxylic acids is 1. The third-order valence-corrected chi connectivity index (χ3v) is 9.44. The van der Waals surface area contributed by atoms with Crippen molar-refractivity contribution in [2.75, 3.05) is 0 Å². The number of ether oxygens (including phenoxy) is 1. The zero-order valence-corrected chi connectivity index (χ0v) is 17.1. The Morgan fingerprint density at radius 3 is 2.36 bits per heavy atom. The van der Waals surface area contributed by atoms with E-state index in [1.807, 2.05) is 0 Å². The summed E-state index contributed by atoms with van der Waals surface area (Å²) in [6.07, 6.45) is -0.224. The van der Waals surface area contributed by atoms with Crippen LogP contribution in [-0.4, -0.2) is 29.5 Å². The molecule has 0 saturated heterocycles. The molecule has 160 valence electrons. The molecule has 0 aromatic rings. The van der Waals surface area contributed by atoms with Gasteiger partial charge in [0.2, 0.25) is 0 Å². The van der Waals surface area contributed by atoms with Crippen LogP contribution < -0.4 is 0 Å². The largest absolute Gasteiger partial charge is 0.522 e. The van der Waals surface area contributed by atoms with Gasteiger partial charge in [0.25, 0.3) is 0 Å². The van der Waals surface area contributed by atoms with Crippen molar-refractivity contribution >= 4 is 5.78 Å². The summed E-state index contributed by atoms with van der Waals surface area (Å²) in [5.41, 5.74) is -0.181. The lowest BCUT2D eigenvalue weighted by Crippen LogP contribution is -2.57. The van der Waals surface area contributed by atoms with Crippen molar-refractivity contribution in [1.82, 2.24) is 0 Å². The molecule has 0 amide bonds. The monoisotopic (exact) mass is 402 g/mol. The fourth-order valence-electron chi connectivity index (χ4n) is 8.21. The van der Waals surface area contributed by atoms with Crippen LogP contribution >= 0.6 is 0 Å². The van der Waals surface area contributed by atoms with E-state index in [2.05, 4.69) is 18.6 Å². The summed E-state index contributed by atoms with van der Waals surface area (Å²) in [7, 11) is 0. The fraction of sp³-hybridized carbons (Fsp3) is 0.955. The van der Waals surface area contributed by atoms with Gasteiger partial charge in [0.1, 0.15) is 5.78 Å². The first-order valence-corrected chi connectivity index (χ1v) is 10.9. The molecule has 4 aliphatic rings. The van der Waals surface area contributed by atoms with Gasteiger partial charge in [-0.25, -0.2) is 0 Å². The van der Waals surface area contributed by atoms with Gasteiger partial charge in [-0.15, -0.1) is 13.2 Å². The number of halogens is 3. The Balaban J connectivity index is 1.59. The second kappa shape index (κ2) is 6.69. The summed E-state index contributed by atoms with van der Waals surface area (Å²) in [6.45, 7) is 6.14. The molecule has 3 unspecified atom stereocenters. The maximum atomic E-state index is 12.9. The van der Waals surface area contributed by atoms with Gasteiger partial charge in [-0.3, -0.25) is 9.53 Å². The van der Waals surface area contributed by atoms with Crippen LogP contribution in [0.5, 0.6) is 0 Å². The predicted molar refractivity (Wildman–Crippen MR) is 98.2 cm³/mol. The number of aliphatic hydroxyl groups is 1. The summed E-state index contributed by atoms with van der Waals surface area (Å²) < 4.78 is 43.0. The lowest BCUT2D eigenvalue weighted by molar-refractivity contribution is -0.361. The molecule has 6 heteroatoms. The summed E-state index contributed by atoms with van der Waals surface area (Å²) in [5, 5.41) is 10.3. The Morgan fingerprint density at radius 2 is 1.71 bits per heavy atom. The van der Waals surface area contributed by atoms with Gasteiger partial charge in [-0.05, 0) is 92.8 Å². The minimum absolute atomic E-state index is 0.0479. The summed E-state index contributed by atoms with van der Waals surface area (Å²) in [4.78, 5) is 12.2. The van der Waals surface area contributed by atoms with Gasteiger partial charge in [-0.2, -0.15) is 0 Å². The standard InChI is InChI=1S/C22H33F3O3/c1-12(26)15-6-7-16-14-5-4-13-10-18(27)19(28-22(23,24)25)11-21(13,3)17(14)8-9-20(15,16)2/h13-19,27H,4-11H2,1-3H3/t13?,14-,15+,16?,17?,18-,19-,20+,21-/m0/s1. The molecule has 0 aromatic heterocycles. The van der Waals surface area contributed by atoms with E-state index in [9.17, 15) is 23.1 Å². The molecule has 4 rings (SSSR count). The van der Waals surface area contributed by atoms with Crippen LogP contribution in [0, 0.1) is 40.4 Å². The van der Waals surface area contributed by atoms with Gasteiger partial charge in [0.15, 0.2) is 0 Å². The Labute approximate surface area is 165 Å². The average molecular weight is 402 g/mol. The van der Waals surface area contributed by atoms with Crippen LogP contribution in [-0.2, 0) is 9.53 Å². The number of carbonyl (C=O) groups is 1. The lowest BCUT2D eigenvalue weighted by atomic mass is 9.44. The number of rotatable bonds is 2. The molecule has 0 aliphatic heterocycles. The van der Waals surface area contributed by atoms with Gasteiger partial charge < -0.3 is 5.11 Å². The molecule has 3 nitrogen and oxygen atoms in total. The highest BCUT2D eigenvalue weighted by atomic mass is 19.4. The third kappa shape index (κ3) is 3.13. The van der Waals surface area contributed by atoms with E-state index in [1.54, 1.807) is 6.92 Å². The Morgan fingerprint density at radius 1 is 1.04 bits per heavy atom. The summed E-state index contributed by atoms with van der Waals surface area (Å²) in [5.74, 6) is 2.02. The first-order valence-electron chi connectivity index (χ1n) is 10.9. The summed E-state index contributed by atoms with van der Waals surface area (Å²) in [6, 6.07) is 0. The van der Waals surface area contributed by atoms with E-state index >= 15 is 0 Å². The number of fused-ring (bicyclic) bond motifs is 5. The molecule has 9 atom stereocenters. The second-order valence-corrected chi connectivity index (χ2v) is 10.6. The molecule has 28 heavy (non-hydrogen) atoms. The highest BCUT2D eigenvalue weighted by Crippen LogP contribution is 2.67. The van der Waals surface area contributed by atoms with Crippen LogP contribution in [0.1, 0.15) is 72.1 Å². The molecule has 4 aliphatic carbocycles. The first kappa shape index (κ1) is 20.6. The molecule has 0 radical (unpaired) electrons. The topological polar surface area (TPSA) is 46.5 Å². The molecule has 4 saturated carbocycles. The predicted octanol–water partition coefficient (Wildman–Crippen LogP) is 5.11. The van der Waals surface area contributed by atoms with Crippen LogP contribution in [0.25, 0.3) is 0 Å². The van der Waals surface area contributed by atoms with E-state index in [-0.39, 0.29) is 29.1 Å². The normalized spacial score (nSPS) is 51.2. The molecule has 0 heterocycles. The highest BCUT2D eigenvalue weighted by Gasteiger charge is 2.62. The molecule has 0 spiro atoms. The van der Waals surface area contributed by atoms with Crippen molar-refractivity contribution in [1.29, 1.82) is 0 Å². The van der Waals surface area contributed by atoms with E-state index in [4.69, 9.17) is 0 Å². The van der Waals surface area contributed by atoms with Gasteiger partial charge >= 0.3 is 6.36 Å². The second-order valence-electron chi connectivity index (χ2n) is 10.6. The van der Waals surface area contributed by atoms with Gasteiger partial charge in [0.05, 0.1) is 12.2 Å². The molecular formula is C22H33F3O3. The minimum atomic E-state index is -4.71. The number of aliphatic hydroxyl groups excluding tert-OH is 1. The molecule has 0 aromatic carbocycles. The maximum absolute atomic E-state index is 12.9. The zero-order valence-electron chi connectivity index (χ0n) is 17.1. The van der Waals surface area contributed by atoms with Crippen LogP contribution in [0.4, 0.5) is 13.2 Å². The van der Waals surface area contributed by atoms with E-state index in [0.29, 0.717) is 30.0 Å². The molecule has 4 fully saturated rings. The maximum Gasteiger partial charge on any atom is 0.522 e. The quantitative estimate of drug-likeness (QED) is 0.698. The number of hydrogen-bond acceptors (Lipinski definition) is 3. The van der Waals surface area contributed by atoms with Gasteiger partial charge in [0, 0.05) is 5.92 Å². The Hall–Kier alpha value is -0.620. The van der Waals surface area contributed by atoms with Crippen molar-refractivity contribution < 1.29 is 27.8 Å². The number of alkyl halides is 3. The van der Waals surface area contributed by atoms with Crippen molar-refractivity contribution in [3.63, 3.8) is 0 Å². The number of hydrogen-bond donors (Lipinski definition) is 1. The SMILES string of the molecule is CC(=O)[C@H]1CCC2[C@@H]3CCC4C[C@H](O)[C@@H](OC(F)(F)F)C[C@]4(C)C3CC[C@@]21C. The van der Waals surface area contributed by atoms with E-state index in [1.165, 1.54) is 0 Å². The molecule has 0 bridgehead atoms. The zero-order chi connectivity index (χ0) is 20.5. The van der Waals surface area contributed by atoms with Gasteiger partial charge in [-0.1, -0.05) is 13.8 Å². The molecule has 1 N–H and O–H groups in total. The van der Waals surface area contributed by atoms with Crippen LogP contribution in [0.3, 0.4) is 0 Å². The third-order valence-electron chi connectivity index (χ3n) is 9.44.